The fourth-order valence-electron chi connectivity index (χ4n) is 3.58. The van der Waals surface area contributed by atoms with Crippen molar-refractivity contribution in [2.75, 3.05) is 36.4 Å². The number of rotatable bonds is 5. The van der Waals surface area contributed by atoms with Crippen LogP contribution in [0.1, 0.15) is 12.7 Å². The highest BCUT2D eigenvalue weighted by molar-refractivity contribution is 6.01. The van der Waals surface area contributed by atoms with Crippen LogP contribution in [0.15, 0.2) is 77.2 Å². The second kappa shape index (κ2) is 9.34. The van der Waals surface area contributed by atoms with Gasteiger partial charge < -0.3 is 19.5 Å². The smallest absolute Gasteiger partial charge is 0.248 e. The van der Waals surface area contributed by atoms with Crippen molar-refractivity contribution in [2.24, 2.45) is 0 Å². The van der Waals surface area contributed by atoms with Crippen molar-refractivity contribution in [2.45, 2.75) is 6.92 Å². The first-order valence-electron chi connectivity index (χ1n) is 10.3. The van der Waals surface area contributed by atoms with E-state index in [2.05, 4.69) is 10.2 Å². The number of benzene rings is 2. The molecule has 2 heterocycles. The molecule has 2 amide bonds. The molecule has 0 bridgehead atoms. The van der Waals surface area contributed by atoms with Crippen LogP contribution in [0.2, 0.25) is 0 Å². The number of nitrogens with zero attached hydrogens (tertiary/aromatic N) is 2. The van der Waals surface area contributed by atoms with Crippen LogP contribution in [-0.4, -0.2) is 42.9 Å². The van der Waals surface area contributed by atoms with Crippen LogP contribution in [0.4, 0.5) is 11.4 Å². The van der Waals surface area contributed by atoms with Crippen molar-refractivity contribution in [3.63, 3.8) is 0 Å². The Labute approximate surface area is 181 Å². The van der Waals surface area contributed by atoms with E-state index in [4.69, 9.17) is 4.42 Å². The number of nitrogens with one attached hydrogen (secondary N) is 1. The molecule has 0 saturated carbocycles. The lowest BCUT2D eigenvalue weighted by Gasteiger charge is -2.35. The van der Waals surface area contributed by atoms with Crippen molar-refractivity contribution in [1.29, 1.82) is 0 Å². The maximum absolute atomic E-state index is 12.3. The lowest BCUT2D eigenvalue weighted by atomic mass is 10.2. The first-order chi connectivity index (χ1) is 15.1. The summed E-state index contributed by atoms with van der Waals surface area (Å²) < 4.78 is 5.78. The summed E-state index contributed by atoms with van der Waals surface area (Å²) >= 11 is 0. The van der Waals surface area contributed by atoms with Crippen LogP contribution in [0, 0.1) is 0 Å². The molecule has 4 rings (SSSR count). The third kappa shape index (κ3) is 5.22. The Morgan fingerprint density at radius 2 is 1.61 bits per heavy atom. The largest absolute Gasteiger partial charge is 0.457 e. The standard InChI is InChI=1S/C25H25N3O3/c1-19(29)27-15-17-28(18-16-27)22-9-7-21(8-10-22)26-25(30)14-12-23-11-13-24(31-23)20-5-3-2-4-6-20/h2-14H,15-18H2,1H3,(H,26,30)/b14-12+. The van der Waals surface area contributed by atoms with Crippen molar-refractivity contribution in [1.82, 2.24) is 4.90 Å². The summed E-state index contributed by atoms with van der Waals surface area (Å²) in [5.74, 6) is 1.28. The summed E-state index contributed by atoms with van der Waals surface area (Å²) in [4.78, 5) is 27.8. The maximum Gasteiger partial charge on any atom is 0.248 e. The van der Waals surface area contributed by atoms with Crippen LogP contribution in [0.3, 0.4) is 0 Å². The summed E-state index contributed by atoms with van der Waals surface area (Å²) in [5, 5.41) is 2.86. The number of hydrogen-bond acceptors (Lipinski definition) is 4. The molecule has 158 valence electrons. The quantitative estimate of drug-likeness (QED) is 0.632. The van der Waals surface area contributed by atoms with Crippen LogP contribution in [0.5, 0.6) is 0 Å². The first kappa shape index (κ1) is 20.5. The van der Waals surface area contributed by atoms with Gasteiger partial charge in [0.1, 0.15) is 11.5 Å². The minimum absolute atomic E-state index is 0.122. The van der Waals surface area contributed by atoms with E-state index in [9.17, 15) is 9.59 Å². The van der Waals surface area contributed by atoms with E-state index in [0.29, 0.717) is 5.76 Å². The molecule has 3 aromatic rings. The van der Waals surface area contributed by atoms with E-state index in [1.807, 2.05) is 71.6 Å². The minimum atomic E-state index is -0.222. The molecule has 0 unspecified atom stereocenters. The molecule has 0 atom stereocenters. The second-order valence-corrected chi connectivity index (χ2v) is 7.43. The average molecular weight is 415 g/mol. The fourth-order valence-corrected chi connectivity index (χ4v) is 3.58. The Bertz CT molecular complexity index is 1060. The molecule has 6 heteroatoms. The molecule has 0 spiro atoms. The second-order valence-electron chi connectivity index (χ2n) is 7.43. The minimum Gasteiger partial charge on any atom is -0.457 e. The molecule has 1 aliphatic heterocycles. The van der Waals surface area contributed by atoms with Gasteiger partial charge in [-0.15, -0.1) is 0 Å². The zero-order valence-corrected chi connectivity index (χ0v) is 17.5. The Hall–Kier alpha value is -3.80. The summed E-state index contributed by atoms with van der Waals surface area (Å²) in [5.41, 5.74) is 2.81. The summed E-state index contributed by atoms with van der Waals surface area (Å²) in [7, 11) is 0. The van der Waals surface area contributed by atoms with E-state index in [-0.39, 0.29) is 11.8 Å². The SMILES string of the molecule is CC(=O)N1CCN(c2ccc(NC(=O)/C=C/c3ccc(-c4ccccc4)o3)cc2)CC1. The highest BCUT2D eigenvalue weighted by Gasteiger charge is 2.18. The summed E-state index contributed by atoms with van der Waals surface area (Å²) in [6.07, 6.45) is 3.12. The Morgan fingerprint density at radius 1 is 0.903 bits per heavy atom. The number of amides is 2. The van der Waals surface area contributed by atoms with Crippen LogP contribution >= 0.6 is 0 Å². The molecular weight excluding hydrogens is 390 g/mol. The van der Waals surface area contributed by atoms with Gasteiger partial charge in [0.15, 0.2) is 0 Å². The zero-order valence-electron chi connectivity index (χ0n) is 17.5. The zero-order chi connectivity index (χ0) is 21.6. The highest BCUT2D eigenvalue weighted by Crippen LogP contribution is 2.23. The number of furan rings is 1. The van der Waals surface area contributed by atoms with Gasteiger partial charge in [-0.3, -0.25) is 9.59 Å². The van der Waals surface area contributed by atoms with Crippen molar-refractivity contribution in [3.05, 3.63) is 78.6 Å². The molecular formula is C25H25N3O3. The molecule has 1 aromatic heterocycles. The van der Waals surface area contributed by atoms with Gasteiger partial charge in [-0.1, -0.05) is 30.3 Å². The number of anilines is 2. The fraction of sp³-hybridized carbons (Fsp3) is 0.200. The Balaban J connectivity index is 1.31. The van der Waals surface area contributed by atoms with E-state index < -0.39 is 0 Å². The number of piperazine rings is 1. The average Bonchev–Trinajstić information content (AvgIpc) is 3.28. The Morgan fingerprint density at radius 3 is 2.29 bits per heavy atom. The van der Waals surface area contributed by atoms with Gasteiger partial charge in [0.2, 0.25) is 11.8 Å². The third-order valence-corrected chi connectivity index (χ3v) is 5.31. The molecule has 1 saturated heterocycles. The first-order valence-corrected chi connectivity index (χ1v) is 10.3. The molecule has 0 radical (unpaired) electrons. The Kier molecular flexibility index (Phi) is 6.17. The van der Waals surface area contributed by atoms with Crippen molar-refractivity contribution in [3.8, 4) is 11.3 Å². The third-order valence-electron chi connectivity index (χ3n) is 5.31. The van der Waals surface area contributed by atoms with Crippen LogP contribution in [-0.2, 0) is 9.59 Å². The highest BCUT2D eigenvalue weighted by atomic mass is 16.3. The molecule has 1 N–H and O–H groups in total. The van der Waals surface area contributed by atoms with E-state index in [1.54, 1.807) is 13.0 Å². The topological polar surface area (TPSA) is 65.8 Å². The normalized spacial score (nSPS) is 14.1. The van der Waals surface area contributed by atoms with Crippen LogP contribution < -0.4 is 10.2 Å². The number of carbonyl (C=O) groups excluding carboxylic acids is 2. The number of hydrogen-bond donors (Lipinski definition) is 1. The van der Waals surface area contributed by atoms with Gasteiger partial charge >= 0.3 is 0 Å². The molecule has 2 aromatic carbocycles. The van der Waals surface area contributed by atoms with Gasteiger partial charge in [0, 0.05) is 56.1 Å². The predicted octanol–water partition coefficient (Wildman–Crippen LogP) is 4.27. The van der Waals surface area contributed by atoms with E-state index >= 15 is 0 Å². The molecule has 6 nitrogen and oxygen atoms in total. The van der Waals surface area contributed by atoms with Crippen molar-refractivity contribution < 1.29 is 14.0 Å². The monoisotopic (exact) mass is 415 g/mol. The molecule has 31 heavy (non-hydrogen) atoms. The van der Waals surface area contributed by atoms with E-state index in [0.717, 1.165) is 48.9 Å². The molecule has 1 aliphatic rings. The van der Waals surface area contributed by atoms with Gasteiger partial charge in [-0.2, -0.15) is 0 Å². The van der Waals surface area contributed by atoms with Gasteiger partial charge in [0.05, 0.1) is 0 Å². The van der Waals surface area contributed by atoms with Gasteiger partial charge in [-0.05, 0) is 42.5 Å². The maximum atomic E-state index is 12.3. The lowest BCUT2D eigenvalue weighted by Crippen LogP contribution is -2.48. The summed E-state index contributed by atoms with van der Waals surface area (Å²) in [6, 6.07) is 21.3. The van der Waals surface area contributed by atoms with Crippen molar-refractivity contribution >= 4 is 29.3 Å². The molecule has 1 fully saturated rings. The predicted molar refractivity (Wildman–Crippen MR) is 123 cm³/mol. The molecule has 0 aliphatic carbocycles. The van der Waals surface area contributed by atoms with E-state index in [1.165, 1.54) is 6.08 Å². The van der Waals surface area contributed by atoms with Gasteiger partial charge in [-0.25, -0.2) is 0 Å². The van der Waals surface area contributed by atoms with Gasteiger partial charge in [0.25, 0.3) is 0 Å². The number of carbonyl (C=O) groups is 2. The van der Waals surface area contributed by atoms with Crippen LogP contribution in [0.25, 0.3) is 17.4 Å². The summed E-state index contributed by atoms with van der Waals surface area (Å²) in [6.45, 7) is 4.69. The lowest BCUT2D eigenvalue weighted by molar-refractivity contribution is -0.129.